The molecule has 0 amide bonds. The predicted octanol–water partition coefficient (Wildman–Crippen LogP) is 4.36. The fourth-order valence-electron chi connectivity index (χ4n) is 2.22. The number of benzene rings is 3. The molecule has 120 valence electrons. The van der Waals surface area contributed by atoms with Crippen molar-refractivity contribution in [3.05, 3.63) is 101 Å². The molecule has 0 aliphatic heterocycles. The van der Waals surface area contributed by atoms with Crippen molar-refractivity contribution in [2.75, 3.05) is 0 Å². The van der Waals surface area contributed by atoms with Crippen molar-refractivity contribution in [2.24, 2.45) is 0 Å². The van der Waals surface area contributed by atoms with Gasteiger partial charge in [-0.25, -0.2) is 0 Å². The van der Waals surface area contributed by atoms with Crippen LogP contribution >= 0.6 is 18.5 Å². The minimum absolute atomic E-state index is 0.970. The minimum Gasteiger partial charge on any atom is -0.133 e. The van der Waals surface area contributed by atoms with Crippen molar-refractivity contribution < 1.29 is 0 Å². The van der Waals surface area contributed by atoms with Gasteiger partial charge < -0.3 is 0 Å². The molecule has 0 saturated heterocycles. The topological polar surface area (TPSA) is 0 Å². The van der Waals surface area contributed by atoms with Gasteiger partial charge in [-0.1, -0.05) is 47.9 Å². The van der Waals surface area contributed by atoms with Gasteiger partial charge >= 0.3 is 0 Å². The van der Waals surface area contributed by atoms with Crippen LogP contribution in [0.3, 0.4) is 0 Å². The van der Waals surface area contributed by atoms with Crippen LogP contribution < -0.4 is 5.30 Å². The highest BCUT2D eigenvalue weighted by molar-refractivity contribution is 7.27. The fraction of sp³-hybridized carbons (Fsp3) is 0.0435. The Morgan fingerprint density at radius 1 is 0.520 bits per heavy atom. The fourth-order valence-corrected chi connectivity index (χ4v) is 2.68. The van der Waals surface area contributed by atoms with Crippen molar-refractivity contribution in [3.63, 3.8) is 0 Å². The molecule has 0 spiro atoms. The highest BCUT2D eigenvalue weighted by Gasteiger charge is 1.92. The first-order valence-electron chi connectivity index (χ1n) is 8.01. The second kappa shape index (κ2) is 8.65. The van der Waals surface area contributed by atoms with E-state index in [1.54, 1.807) is 0 Å². The van der Waals surface area contributed by atoms with Crippen molar-refractivity contribution in [3.8, 4) is 23.7 Å². The van der Waals surface area contributed by atoms with Gasteiger partial charge in [-0.15, -0.1) is 18.5 Å². The molecule has 0 radical (unpaired) electrons. The molecule has 3 aromatic carbocycles. The molecule has 0 saturated carbocycles. The Balaban J connectivity index is 1.70. The monoisotopic (exact) mass is 356 g/mol. The second-order valence-electron chi connectivity index (χ2n) is 5.60. The van der Waals surface area contributed by atoms with E-state index in [-0.39, 0.29) is 0 Å². The molecule has 0 N–H and O–H groups in total. The van der Waals surface area contributed by atoms with Crippen LogP contribution in [0.25, 0.3) is 0 Å². The summed E-state index contributed by atoms with van der Waals surface area (Å²) in [6.45, 7) is 0. The maximum Gasteiger partial charge on any atom is 0.0249 e. The molecule has 25 heavy (non-hydrogen) atoms. The van der Waals surface area contributed by atoms with Gasteiger partial charge in [-0.2, -0.15) is 0 Å². The molecule has 0 fully saturated rings. The summed E-state index contributed by atoms with van der Waals surface area (Å²) in [4.78, 5) is 0. The third kappa shape index (κ3) is 5.31. The van der Waals surface area contributed by atoms with Gasteiger partial charge in [0.05, 0.1) is 0 Å². The van der Waals surface area contributed by atoms with Gasteiger partial charge in [0.25, 0.3) is 0 Å². The highest BCUT2D eigenvalue weighted by Crippen LogP contribution is 2.08. The summed E-state index contributed by atoms with van der Waals surface area (Å²) in [5, 5.41) is 1.16. The van der Waals surface area contributed by atoms with E-state index in [1.165, 1.54) is 5.56 Å². The molecule has 0 aromatic heterocycles. The Morgan fingerprint density at radius 2 is 0.840 bits per heavy atom. The summed E-state index contributed by atoms with van der Waals surface area (Å²) in [5.74, 6) is 12.8. The van der Waals surface area contributed by atoms with Crippen LogP contribution in [0.4, 0.5) is 0 Å². The summed E-state index contributed by atoms with van der Waals surface area (Å²) >= 11 is 0. The zero-order valence-electron chi connectivity index (χ0n) is 13.8. The van der Waals surface area contributed by atoms with E-state index in [0.717, 1.165) is 33.7 Å². The zero-order valence-corrected chi connectivity index (χ0v) is 16.1. The molecule has 2 atom stereocenters. The molecule has 0 aliphatic rings. The lowest BCUT2D eigenvalue weighted by molar-refractivity contribution is 1.41. The van der Waals surface area contributed by atoms with Crippen LogP contribution in [-0.2, 0) is 6.16 Å². The van der Waals surface area contributed by atoms with Crippen LogP contribution in [0.2, 0.25) is 0 Å². The van der Waals surface area contributed by atoms with Crippen LogP contribution in [0, 0.1) is 23.7 Å². The minimum atomic E-state index is 0.970. The zero-order chi connectivity index (χ0) is 17.5. The van der Waals surface area contributed by atoms with Gasteiger partial charge in [-0.3, -0.25) is 0 Å². The van der Waals surface area contributed by atoms with Crippen molar-refractivity contribution in [1.29, 1.82) is 0 Å². The SMILES string of the molecule is PCc1ccc(C#Cc2ccc(C#Cc3ccc(P)cc3)cc2)cc1. The summed E-state index contributed by atoms with van der Waals surface area (Å²) in [6.07, 6.45) is 0.970. The Hall–Kier alpha value is -2.36. The first-order valence-corrected chi connectivity index (χ1v) is 9.41. The van der Waals surface area contributed by atoms with Crippen molar-refractivity contribution >= 4 is 23.8 Å². The molecular weight excluding hydrogens is 338 g/mol. The highest BCUT2D eigenvalue weighted by atomic mass is 31.0. The van der Waals surface area contributed by atoms with E-state index in [1.807, 2.05) is 48.5 Å². The molecule has 3 rings (SSSR count). The maximum atomic E-state index is 3.20. The third-order valence-corrected chi connectivity index (χ3v) is 4.54. The van der Waals surface area contributed by atoms with Gasteiger partial charge in [-0.05, 0) is 65.6 Å². The van der Waals surface area contributed by atoms with E-state index in [2.05, 4.69) is 66.4 Å². The normalized spacial score (nSPS) is 9.52. The molecule has 0 heterocycles. The van der Waals surface area contributed by atoms with E-state index in [0.29, 0.717) is 0 Å². The molecule has 2 unspecified atom stereocenters. The van der Waals surface area contributed by atoms with E-state index in [9.17, 15) is 0 Å². The second-order valence-corrected chi connectivity index (χ2v) is 6.68. The maximum absolute atomic E-state index is 3.20. The van der Waals surface area contributed by atoms with Gasteiger partial charge in [0.2, 0.25) is 0 Å². The van der Waals surface area contributed by atoms with Gasteiger partial charge in [0, 0.05) is 22.3 Å². The van der Waals surface area contributed by atoms with E-state index in [4.69, 9.17) is 0 Å². The third-order valence-electron chi connectivity index (χ3n) is 3.69. The van der Waals surface area contributed by atoms with E-state index >= 15 is 0 Å². The summed E-state index contributed by atoms with van der Waals surface area (Å²) in [5.41, 5.74) is 5.33. The smallest absolute Gasteiger partial charge is 0.0249 e. The Morgan fingerprint density at radius 3 is 1.20 bits per heavy atom. The first-order chi connectivity index (χ1) is 12.2. The summed E-state index contributed by atoms with van der Waals surface area (Å²) in [7, 11) is 5.41. The Bertz CT molecular complexity index is 959. The molecule has 2 heteroatoms. The van der Waals surface area contributed by atoms with E-state index < -0.39 is 0 Å². The lowest BCUT2D eigenvalue weighted by atomic mass is 10.1. The molecular formula is C23H18P2. The largest absolute Gasteiger partial charge is 0.133 e. The molecule has 3 aromatic rings. The van der Waals surface area contributed by atoms with Crippen molar-refractivity contribution in [1.82, 2.24) is 0 Å². The van der Waals surface area contributed by atoms with Crippen LogP contribution in [0.1, 0.15) is 27.8 Å². The Labute approximate surface area is 154 Å². The van der Waals surface area contributed by atoms with Gasteiger partial charge in [0.1, 0.15) is 0 Å². The van der Waals surface area contributed by atoms with Gasteiger partial charge in [0.15, 0.2) is 0 Å². The van der Waals surface area contributed by atoms with Crippen LogP contribution in [0.5, 0.6) is 0 Å². The molecule has 0 nitrogen and oxygen atoms in total. The number of rotatable bonds is 1. The molecule has 0 bridgehead atoms. The summed E-state index contributed by atoms with van der Waals surface area (Å²) in [6, 6.07) is 24.5. The number of hydrogen-bond donors (Lipinski definition) is 0. The lowest BCUT2D eigenvalue weighted by Gasteiger charge is -1.95. The van der Waals surface area contributed by atoms with Crippen LogP contribution in [-0.4, -0.2) is 0 Å². The first kappa shape index (κ1) is 17.5. The average Bonchev–Trinajstić information content (AvgIpc) is 2.67. The quantitative estimate of drug-likeness (QED) is 0.449. The summed E-state index contributed by atoms with van der Waals surface area (Å²) < 4.78 is 0. The standard InChI is InChI=1S/C23H18P2/c24-17-22-11-9-20(10-12-22)6-5-18-1-3-19(4-2-18)7-8-21-13-15-23(25)16-14-21/h1-4,9-16H,17,24-25H2. The molecule has 0 aliphatic carbocycles. The van der Waals surface area contributed by atoms with Crippen LogP contribution in [0.15, 0.2) is 72.8 Å². The predicted molar refractivity (Wildman–Crippen MR) is 114 cm³/mol. The Kier molecular flexibility index (Phi) is 6.04. The lowest BCUT2D eigenvalue weighted by Crippen LogP contribution is -1.87. The average molecular weight is 356 g/mol. The number of hydrogen-bond acceptors (Lipinski definition) is 0. The van der Waals surface area contributed by atoms with Crippen molar-refractivity contribution in [2.45, 2.75) is 6.16 Å².